The maximum Gasteiger partial charge on any atom is 0.150 e. The van der Waals surface area contributed by atoms with E-state index in [0.717, 1.165) is 4.32 Å². The van der Waals surface area contributed by atoms with E-state index in [1.54, 1.807) is 11.8 Å². The molecule has 0 bridgehead atoms. The van der Waals surface area contributed by atoms with Crippen molar-refractivity contribution >= 4 is 28.3 Å². The molecular formula is C3H7N3S2. The standard InChI is InChI=1S/C3H7N3S2/c1-4-2-5-6-3(7)8-2/h2,4-5H,1H3,(H,6,7). The van der Waals surface area contributed by atoms with Crippen LogP contribution in [0.15, 0.2) is 0 Å². The minimum atomic E-state index is 0.238. The molecule has 1 aliphatic heterocycles. The van der Waals surface area contributed by atoms with Crippen LogP contribution >= 0.6 is 24.0 Å². The lowest BCUT2D eigenvalue weighted by Gasteiger charge is -2.02. The summed E-state index contributed by atoms with van der Waals surface area (Å²) >= 11 is 6.38. The van der Waals surface area contributed by atoms with Crippen LogP contribution in [0.4, 0.5) is 0 Å². The van der Waals surface area contributed by atoms with Crippen LogP contribution in [-0.2, 0) is 0 Å². The fourth-order valence-electron chi connectivity index (χ4n) is 0.422. The van der Waals surface area contributed by atoms with Gasteiger partial charge in [0, 0.05) is 0 Å². The van der Waals surface area contributed by atoms with Gasteiger partial charge in [-0.05, 0) is 7.05 Å². The summed E-state index contributed by atoms with van der Waals surface area (Å²) in [7, 11) is 1.88. The summed E-state index contributed by atoms with van der Waals surface area (Å²) in [4.78, 5) is 0. The van der Waals surface area contributed by atoms with E-state index in [0.29, 0.717) is 0 Å². The highest BCUT2D eigenvalue weighted by atomic mass is 32.2. The lowest BCUT2D eigenvalue weighted by molar-refractivity contribution is 0.583. The smallest absolute Gasteiger partial charge is 0.150 e. The van der Waals surface area contributed by atoms with Crippen molar-refractivity contribution in [3.63, 3.8) is 0 Å². The molecule has 8 heavy (non-hydrogen) atoms. The summed E-state index contributed by atoms with van der Waals surface area (Å²) < 4.78 is 0.796. The summed E-state index contributed by atoms with van der Waals surface area (Å²) in [5.74, 6) is 0. The van der Waals surface area contributed by atoms with Crippen molar-refractivity contribution in [2.45, 2.75) is 5.50 Å². The van der Waals surface area contributed by atoms with E-state index in [4.69, 9.17) is 12.2 Å². The zero-order valence-electron chi connectivity index (χ0n) is 4.39. The predicted molar refractivity (Wildman–Crippen MR) is 39.3 cm³/mol. The molecule has 1 heterocycles. The molecule has 0 saturated carbocycles. The number of hydrogen-bond acceptors (Lipinski definition) is 4. The van der Waals surface area contributed by atoms with Gasteiger partial charge in [0.2, 0.25) is 0 Å². The normalized spacial score (nSPS) is 28.1. The van der Waals surface area contributed by atoms with E-state index in [2.05, 4.69) is 16.2 Å². The molecule has 3 N–H and O–H groups in total. The molecule has 1 atom stereocenters. The molecule has 5 heteroatoms. The van der Waals surface area contributed by atoms with Crippen LogP contribution in [-0.4, -0.2) is 16.9 Å². The highest BCUT2D eigenvalue weighted by Gasteiger charge is 2.15. The first-order chi connectivity index (χ1) is 3.83. The molecule has 0 aromatic carbocycles. The Morgan fingerprint density at radius 2 is 2.62 bits per heavy atom. The van der Waals surface area contributed by atoms with Gasteiger partial charge in [0.05, 0.1) is 0 Å². The number of thioether (sulfide) groups is 1. The molecule has 1 saturated heterocycles. The van der Waals surface area contributed by atoms with Crippen molar-refractivity contribution in [1.82, 2.24) is 16.2 Å². The maximum absolute atomic E-state index is 4.81. The molecule has 1 unspecified atom stereocenters. The quantitative estimate of drug-likeness (QED) is 0.443. The van der Waals surface area contributed by atoms with Gasteiger partial charge >= 0.3 is 0 Å². The molecule has 1 fully saturated rings. The van der Waals surface area contributed by atoms with Crippen molar-refractivity contribution < 1.29 is 0 Å². The molecule has 0 radical (unpaired) electrons. The molecule has 0 spiro atoms. The van der Waals surface area contributed by atoms with Crippen LogP contribution in [0.1, 0.15) is 0 Å². The van der Waals surface area contributed by atoms with E-state index in [1.807, 2.05) is 7.05 Å². The zero-order valence-corrected chi connectivity index (χ0v) is 6.03. The summed E-state index contributed by atoms with van der Waals surface area (Å²) in [6, 6.07) is 0. The highest BCUT2D eigenvalue weighted by Crippen LogP contribution is 2.09. The van der Waals surface area contributed by atoms with Gasteiger partial charge in [-0.1, -0.05) is 24.0 Å². The maximum atomic E-state index is 4.81. The Kier molecular flexibility index (Phi) is 2.07. The fourth-order valence-corrected chi connectivity index (χ4v) is 1.34. The van der Waals surface area contributed by atoms with Crippen molar-refractivity contribution in [2.24, 2.45) is 0 Å². The van der Waals surface area contributed by atoms with Crippen molar-refractivity contribution in [2.75, 3.05) is 7.05 Å². The van der Waals surface area contributed by atoms with E-state index in [9.17, 15) is 0 Å². The zero-order chi connectivity index (χ0) is 5.98. The van der Waals surface area contributed by atoms with E-state index in [1.165, 1.54) is 0 Å². The summed E-state index contributed by atoms with van der Waals surface area (Å²) in [6.45, 7) is 0. The van der Waals surface area contributed by atoms with Crippen molar-refractivity contribution in [3.8, 4) is 0 Å². The minimum Gasteiger partial charge on any atom is -0.304 e. The monoisotopic (exact) mass is 149 g/mol. The SMILES string of the molecule is CNC1NNC(=S)S1. The second-order valence-electron chi connectivity index (χ2n) is 1.34. The summed E-state index contributed by atoms with van der Waals surface area (Å²) in [5, 5.41) is 3.00. The average molecular weight is 149 g/mol. The first-order valence-corrected chi connectivity index (χ1v) is 3.51. The third kappa shape index (κ3) is 1.32. The van der Waals surface area contributed by atoms with Crippen molar-refractivity contribution in [3.05, 3.63) is 0 Å². The molecule has 1 rings (SSSR count). The Morgan fingerprint density at radius 1 is 1.88 bits per heavy atom. The Labute approximate surface area is 57.6 Å². The Hall–Kier alpha value is 0.160. The third-order valence-corrected chi connectivity index (χ3v) is 2.09. The van der Waals surface area contributed by atoms with Gasteiger partial charge in [-0.2, -0.15) is 0 Å². The lowest BCUT2D eigenvalue weighted by atomic mass is 11.0. The largest absolute Gasteiger partial charge is 0.304 e. The number of rotatable bonds is 1. The molecule has 0 aliphatic carbocycles. The van der Waals surface area contributed by atoms with Gasteiger partial charge in [0.1, 0.15) is 5.50 Å². The van der Waals surface area contributed by atoms with Crippen molar-refractivity contribution in [1.29, 1.82) is 0 Å². The van der Waals surface area contributed by atoms with Gasteiger partial charge in [-0.15, -0.1) is 0 Å². The number of hydrogen-bond donors (Lipinski definition) is 3. The molecule has 1 aliphatic rings. The Morgan fingerprint density at radius 3 is 2.88 bits per heavy atom. The summed E-state index contributed by atoms with van der Waals surface area (Å²) in [5.41, 5.74) is 5.96. The molecule has 3 nitrogen and oxygen atoms in total. The molecule has 0 aromatic heterocycles. The fraction of sp³-hybridized carbons (Fsp3) is 0.667. The van der Waals surface area contributed by atoms with Crippen LogP contribution in [0.25, 0.3) is 0 Å². The number of hydrazine groups is 1. The Bertz CT molecular complexity index is 105. The van der Waals surface area contributed by atoms with Gasteiger partial charge < -0.3 is 5.43 Å². The Balaban J connectivity index is 2.32. The second-order valence-corrected chi connectivity index (χ2v) is 3.13. The van der Waals surface area contributed by atoms with Crippen LogP contribution in [0, 0.1) is 0 Å². The highest BCUT2D eigenvalue weighted by molar-refractivity contribution is 8.23. The van der Waals surface area contributed by atoms with E-state index >= 15 is 0 Å². The van der Waals surface area contributed by atoms with Crippen LogP contribution in [0.5, 0.6) is 0 Å². The molecule has 0 aromatic rings. The number of thiocarbonyl (C=S) groups is 1. The summed E-state index contributed by atoms with van der Waals surface area (Å²) in [6.07, 6.45) is 0. The third-order valence-electron chi connectivity index (χ3n) is 0.792. The van der Waals surface area contributed by atoms with Crippen LogP contribution < -0.4 is 16.2 Å². The molecular weight excluding hydrogens is 142 g/mol. The predicted octanol–water partition coefficient (Wildman–Crippen LogP) is -0.385. The van der Waals surface area contributed by atoms with Gasteiger partial charge in [-0.25, -0.2) is 5.43 Å². The van der Waals surface area contributed by atoms with Gasteiger partial charge in [0.25, 0.3) is 0 Å². The first kappa shape index (κ1) is 6.28. The average Bonchev–Trinajstić information content (AvgIpc) is 2.14. The first-order valence-electron chi connectivity index (χ1n) is 2.22. The van der Waals surface area contributed by atoms with Crippen LogP contribution in [0.3, 0.4) is 0 Å². The molecule has 46 valence electrons. The van der Waals surface area contributed by atoms with E-state index < -0.39 is 0 Å². The van der Waals surface area contributed by atoms with Gasteiger partial charge in [0.15, 0.2) is 4.32 Å². The topological polar surface area (TPSA) is 36.1 Å². The minimum absolute atomic E-state index is 0.238. The second kappa shape index (κ2) is 2.63. The van der Waals surface area contributed by atoms with Gasteiger partial charge in [-0.3, -0.25) is 5.32 Å². The van der Waals surface area contributed by atoms with Crippen LogP contribution in [0.2, 0.25) is 0 Å². The van der Waals surface area contributed by atoms with E-state index in [-0.39, 0.29) is 5.50 Å². The molecule has 0 amide bonds. The lowest BCUT2D eigenvalue weighted by Crippen LogP contribution is -2.38. The number of nitrogens with one attached hydrogen (secondary N) is 3.